The predicted molar refractivity (Wildman–Crippen MR) is 505 cm³/mol. The summed E-state index contributed by atoms with van der Waals surface area (Å²) in [5.41, 5.74) is -6.21. The Morgan fingerprint density at radius 3 is 0.528 bits per heavy atom. The van der Waals surface area contributed by atoms with Crippen molar-refractivity contribution in [3.63, 3.8) is 0 Å². The van der Waals surface area contributed by atoms with E-state index in [1.807, 2.05) is 0 Å². The number of fused-ring (bicyclic) bond motifs is 10. The lowest BCUT2D eigenvalue weighted by Crippen LogP contribution is -2.36. The van der Waals surface area contributed by atoms with Crippen LogP contribution in [0.1, 0.15) is 348 Å². The average molecular weight is 1730 g/mol. The van der Waals surface area contributed by atoms with Crippen molar-refractivity contribution in [2.75, 3.05) is 119 Å². The molecule has 0 saturated carbocycles. The average Bonchev–Trinajstić information content (AvgIpc) is 1.05. The molecule has 5 aromatic rings. The third-order valence-corrected chi connectivity index (χ3v) is 22.5. The van der Waals surface area contributed by atoms with E-state index in [0.717, 1.165) is 193 Å². The van der Waals surface area contributed by atoms with Gasteiger partial charge in [0.05, 0.1) is 116 Å². The van der Waals surface area contributed by atoms with E-state index in [1.54, 1.807) is 69.2 Å². The minimum atomic E-state index is -1.14. The van der Waals surface area contributed by atoms with Crippen LogP contribution in [0.3, 0.4) is 0 Å². The quantitative estimate of drug-likeness (QED) is 0.0162. The van der Waals surface area contributed by atoms with Gasteiger partial charge in [-0.3, -0.25) is 47.9 Å². The fraction of sp³-hybridized carbons (Fsp3) is 0.600. The van der Waals surface area contributed by atoms with Gasteiger partial charge in [0.25, 0.3) is 29.5 Å². The Bertz CT molecular complexity index is 3680. The van der Waals surface area contributed by atoms with Crippen molar-refractivity contribution in [3.05, 3.63) is 119 Å². The first-order valence-electron chi connectivity index (χ1n) is 46.4. The van der Waals surface area contributed by atoms with Crippen LogP contribution in [0, 0.1) is 27.1 Å². The molecule has 0 saturated heterocycles. The number of hydrogen-bond acceptors (Lipinski definition) is 15. The van der Waals surface area contributed by atoms with E-state index < -0.39 is 86.1 Å². The second-order valence-electron chi connectivity index (χ2n) is 36.9. The van der Waals surface area contributed by atoms with Gasteiger partial charge in [-0.05, 0) is 192 Å². The number of anilines is 10. The molecule has 0 aromatic heterocycles. The van der Waals surface area contributed by atoms with Gasteiger partial charge >= 0.3 is 0 Å². The fourth-order valence-corrected chi connectivity index (χ4v) is 13.9. The highest BCUT2D eigenvalue weighted by molar-refractivity contribution is 6.18. The van der Waals surface area contributed by atoms with E-state index >= 15 is 24.0 Å². The molecule has 6 rings (SSSR count). The molecule has 0 spiro atoms. The van der Waals surface area contributed by atoms with E-state index in [-0.39, 0.29) is 118 Å². The van der Waals surface area contributed by atoms with Crippen molar-refractivity contribution in [1.29, 1.82) is 0 Å². The molecule has 0 fully saturated rings. The van der Waals surface area contributed by atoms with Gasteiger partial charge in [-0.15, -0.1) is 0 Å². The first-order chi connectivity index (χ1) is 59.7. The summed E-state index contributed by atoms with van der Waals surface area (Å²) in [5, 5.41) is 29.3. The lowest BCUT2D eigenvalue weighted by Gasteiger charge is -2.25. The van der Waals surface area contributed by atoms with E-state index in [4.69, 9.17) is 23.7 Å². The molecule has 0 aliphatic carbocycles. The summed E-state index contributed by atoms with van der Waals surface area (Å²) >= 11 is 0. The van der Waals surface area contributed by atoms with Crippen LogP contribution in [0.25, 0.3) is 0 Å². The fourth-order valence-electron chi connectivity index (χ4n) is 13.9. The van der Waals surface area contributed by atoms with E-state index in [9.17, 15) is 24.0 Å². The summed E-state index contributed by atoms with van der Waals surface area (Å²) in [6.07, 6.45) is 31.4. The minimum absolute atomic E-state index is 0.0214. The molecular formula is C100H150N10O15. The van der Waals surface area contributed by atoms with Crippen LogP contribution in [0.2, 0.25) is 0 Å². The van der Waals surface area contributed by atoms with Gasteiger partial charge in [0.2, 0.25) is 29.5 Å². The molecule has 5 aromatic carbocycles. The molecule has 1 heterocycles. The maximum absolute atomic E-state index is 15.4. The van der Waals surface area contributed by atoms with Crippen LogP contribution in [0.5, 0.6) is 0 Å². The van der Waals surface area contributed by atoms with Crippen LogP contribution in [-0.2, 0) is 47.7 Å². The Labute approximate surface area is 745 Å². The molecule has 10 bridgehead atoms. The standard InChI is InChI=1S/C100H150N10O15/c1-16-21-26-31-36-41-56-121-66-96(6,7)91(116)106-81-51-46-71-61-76(81)86(111)101-72-47-52-82(107-92(117)97(8,9)67-122-57-42-37-32-27-22-17-2)77(62-72)88(113)103-74-49-54-84(109-94(119)99(12,13)69-124-59-44-39-34-29-24-19-4)79(64-74)90(115)105-75-50-55-85(110-95(120)100(14,15)70-125-60-45-40-35-30-25-20-5)80(65-75)89(114)104-73-48-53-83(78(63-73)87(112)102-71)108-93(118)98(10,11)68-123-58-43-38-33-28-23-18-3/h46-55,61-65H,16-45,56-60,66-70H2,1-15H3,(H,101,111)(H,102,112)(H,103,113)(H,104,114)(H,105,115)(H,106,116)(H,107,117)(H,108,118)(H,109,119)(H,110,120). The summed E-state index contributed by atoms with van der Waals surface area (Å²) in [5.74, 6) is -6.63. The Morgan fingerprint density at radius 1 is 0.232 bits per heavy atom. The third-order valence-electron chi connectivity index (χ3n) is 22.5. The monoisotopic (exact) mass is 1730 g/mol. The number of amides is 10. The molecule has 1 aliphatic heterocycles. The van der Waals surface area contributed by atoms with Crippen molar-refractivity contribution in [2.24, 2.45) is 27.1 Å². The smallest absolute Gasteiger partial charge is 0.257 e. The van der Waals surface area contributed by atoms with Crippen molar-refractivity contribution in [2.45, 2.75) is 296 Å². The van der Waals surface area contributed by atoms with Gasteiger partial charge in [-0.25, -0.2) is 0 Å². The molecule has 0 unspecified atom stereocenters. The molecule has 0 radical (unpaired) electrons. The normalized spacial score (nSPS) is 13.0. The van der Waals surface area contributed by atoms with Gasteiger partial charge in [0, 0.05) is 61.5 Å². The molecule has 25 nitrogen and oxygen atoms in total. The SMILES string of the molecule is CCCCCCCCOCC(C)(C)C(=O)Nc1ccc2cc1C(=O)Nc1ccc(NC(=O)C(C)(C)COCCCCCCCC)c(c1)C(=O)Nc1ccc(NC(=O)C(C)(C)COCCCCCCCC)c(c1)C(=O)Nc1ccc(NC(=O)C(C)(C)COCCCCCCCC)c(c1)C(=O)Nc1ccc(NC(=O)C(C)(C)COCCCCCCCC)c(c1)C(=O)N2. The number of ether oxygens (including phenoxy) is 5. The van der Waals surface area contributed by atoms with E-state index in [0.29, 0.717) is 33.0 Å². The number of rotatable bonds is 55. The third kappa shape index (κ3) is 36.1. The van der Waals surface area contributed by atoms with Crippen LogP contribution in [0.15, 0.2) is 91.0 Å². The first kappa shape index (κ1) is 104. The summed E-state index contributed by atoms with van der Waals surface area (Å²) in [6, 6.07) is 21.5. The molecule has 1 aliphatic rings. The van der Waals surface area contributed by atoms with Crippen molar-refractivity contribution < 1.29 is 71.6 Å². The van der Waals surface area contributed by atoms with Crippen LogP contribution < -0.4 is 53.2 Å². The first-order valence-corrected chi connectivity index (χ1v) is 46.4. The van der Waals surface area contributed by atoms with E-state index in [2.05, 4.69) is 87.8 Å². The van der Waals surface area contributed by atoms with Crippen LogP contribution in [0.4, 0.5) is 56.9 Å². The largest absolute Gasteiger partial charge is 0.380 e. The Morgan fingerprint density at radius 2 is 0.376 bits per heavy atom. The van der Waals surface area contributed by atoms with Crippen LogP contribution >= 0.6 is 0 Å². The maximum atomic E-state index is 15.4. The molecule has 10 amide bonds. The Kier molecular flexibility index (Phi) is 45.0. The van der Waals surface area contributed by atoms with Gasteiger partial charge in [0.1, 0.15) is 0 Å². The zero-order valence-corrected chi connectivity index (χ0v) is 78.1. The number of carbonyl (C=O) groups excluding carboxylic acids is 10. The zero-order valence-electron chi connectivity index (χ0n) is 78.1. The van der Waals surface area contributed by atoms with Gasteiger partial charge in [0.15, 0.2) is 0 Å². The number of nitrogens with one attached hydrogen (secondary N) is 10. The van der Waals surface area contributed by atoms with Crippen molar-refractivity contribution in [3.8, 4) is 0 Å². The predicted octanol–water partition coefficient (Wildman–Crippen LogP) is 23.0. The summed E-state index contributed by atoms with van der Waals surface area (Å²) in [7, 11) is 0. The highest BCUT2D eigenvalue weighted by Crippen LogP contribution is 2.35. The second-order valence-corrected chi connectivity index (χ2v) is 36.9. The van der Waals surface area contributed by atoms with Crippen molar-refractivity contribution >= 4 is 116 Å². The molecule has 25 heteroatoms. The second kappa shape index (κ2) is 53.9. The number of benzene rings is 5. The zero-order chi connectivity index (χ0) is 91.4. The molecule has 690 valence electrons. The van der Waals surface area contributed by atoms with E-state index in [1.165, 1.54) is 91.0 Å². The minimum Gasteiger partial charge on any atom is -0.380 e. The topological polar surface area (TPSA) is 337 Å². The maximum Gasteiger partial charge on any atom is 0.257 e. The summed E-state index contributed by atoms with van der Waals surface area (Å²) < 4.78 is 30.5. The molecule has 0 atom stereocenters. The Balaban J connectivity index is 1.55. The lowest BCUT2D eigenvalue weighted by molar-refractivity contribution is -0.127. The number of unbranched alkanes of at least 4 members (excludes halogenated alkanes) is 25. The number of carbonyl (C=O) groups is 10. The Hall–Kier alpha value is -9.40. The summed E-state index contributed by atoms with van der Waals surface area (Å²) in [4.78, 5) is 150. The van der Waals surface area contributed by atoms with Crippen molar-refractivity contribution in [1.82, 2.24) is 0 Å². The summed E-state index contributed by atoms with van der Waals surface area (Å²) in [6.45, 7) is 30.5. The highest BCUT2D eigenvalue weighted by atomic mass is 16.5. The van der Waals surface area contributed by atoms with Crippen LogP contribution in [-0.4, -0.2) is 125 Å². The van der Waals surface area contributed by atoms with Gasteiger partial charge in [-0.2, -0.15) is 0 Å². The highest BCUT2D eigenvalue weighted by Gasteiger charge is 2.36. The molecular weight excluding hydrogens is 1580 g/mol. The number of hydrogen-bond donors (Lipinski definition) is 10. The molecule has 10 N–H and O–H groups in total. The van der Waals surface area contributed by atoms with Gasteiger partial charge < -0.3 is 76.9 Å². The molecule has 125 heavy (non-hydrogen) atoms. The van der Waals surface area contributed by atoms with Gasteiger partial charge in [-0.1, -0.05) is 195 Å². The lowest BCUT2D eigenvalue weighted by atomic mass is 9.93.